The van der Waals surface area contributed by atoms with Gasteiger partial charge in [0.15, 0.2) is 0 Å². The Labute approximate surface area is 422 Å². The molecule has 0 saturated heterocycles. The summed E-state index contributed by atoms with van der Waals surface area (Å²) in [4.78, 5) is 10.9. The van der Waals surface area contributed by atoms with Gasteiger partial charge in [-0.3, -0.25) is 4.79 Å². The van der Waals surface area contributed by atoms with Crippen LogP contribution >= 0.6 is 58.8 Å². The topological polar surface area (TPSA) is 197 Å². The number of rotatable bonds is 13. The van der Waals surface area contributed by atoms with Crippen LogP contribution in [-0.2, 0) is 9.53 Å². The summed E-state index contributed by atoms with van der Waals surface area (Å²) in [5.41, 5.74) is 3.86. The van der Waals surface area contributed by atoms with Crippen molar-refractivity contribution in [1.29, 1.82) is 0 Å². The highest BCUT2D eigenvalue weighted by molar-refractivity contribution is 7.99. The number of aromatic nitrogens is 8. The van der Waals surface area contributed by atoms with E-state index >= 15 is 0 Å². The molecule has 69 heavy (non-hydrogen) atoms. The molecule has 0 bridgehead atoms. The van der Waals surface area contributed by atoms with E-state index in [2.05, 4.69) is 66.1 Å². The first-order chi connectivity index (χ1) is 33.5. The number of halogens is 3. The summed E-state index contributed by atoms with van der Waals surface area (Å²) < 4.78 is 8.30. The zero-order valence-electron chi connectivity index (χ0n) is 37.0. The number of aromatic amines is 1. The van der Waals surface area contributed by atoms with Gasteiger partial charge in [0.1, 0.15) is 0 Å². The number of esters is 1. The molecule has 9 aromatic rings. The van der Waals surface area contributed by atoms with Gasteiger partial charge < -0.3 is 25.2 Å². The summed E-state index contributed by atoms with van der Waals surface area (Å²) in [6.07, 6.45) is -1.39. The van der Waals surface area contributed by atoms with Crippen molar-refractivity contribution in [1.82, 2.24) is 40.4 Å². The molecule has 0 fully saturated rings. The summed E-state index contributed by atoms with van der Waals surface area (Å²) in [6, 6.07) is 49.6. The molecule has 14 nitrogen and oxygen atoms in total. The number of methoxy groups -OCH3 is 1. The van der Waals surface area contributed by atoms with Crippen LogP contribution in [0, 0.1) is 4.77 Å². The number of benzene rings is 7. The van der Waals surface area contributed by atoms with Gasteiger partial charge in [0, 0.05) is 44.6 Å². The highest BCUT2D eigenvalue weighted by Gasteiger charge is 2.17. The number of nitrogens with zero attached hydrogens (tertiary/aromatic N) is 7. The van der Waals surface area contributed by atoms with Gasteiger partial charge in [0.05, 0.1) is 43.2 Å². The Morgan fingerprint density at radius 2 is 1.13 bits per heavy atom. The second kappa shape index (κ2) is 26.6. The van der Waals surface area contributed by atoms with E-state index in [1.165, 1.54) is 18.9 Å². The van der Waals surface area contributed by atoms with E-state index in [0.29, 0.717) is 54.7 Å². The Morgan fingerprint density at radius 3 is 1.65 bits per heavy atom. The second-order valence-corrected chi connectivity index (χ2v) is 17.5. The zero-order chi connectivity index (χ0) is 49.1. The molecule has 0 spiro atoms. The number of aliphatic hydroxyl groups is 4. The standard InChI is InChI=1S/C20H17ClN4OS.C11H8N4S.C10H11ClO3.C9H11ClO2/c21-17-10-4-3-9-16(17)19(26)12-13-27-20-22-23-24-25(20)18-11-5-7-14-6-1-2-8-15(14)18;16-11-12-13-14-15(11)10-7-3-5-8-4-1-2-6-9(8)10;1-14-10(13)6-9(12)7-4-2-3-5-8(7)11;10-8-4-2-1-3-7(8)9(12)5-6-11/h1-11,19,26H,12-13H2;1-7H,(H,12,14,16);2-5,9,12H,6H2,1H3;1-4,9,11-12H,5-6H2. The number of hydrogen-bond acceptors (Lipinski definition) is 13. The minimum atomic E-state index is -0.906. The van der Waals surface area contributed by atoms with E-state index in [9.17, 15) is 20.1 Å². The SMILES string of the molecule is COC(=O)CC(O)c1ccccc1Cl.OC(CCSc1nnnn1-c1cccc2ccccc12)c1ccccc1Cl.OCCC(O)c1ccccc1Cl.S=c1nn[nH]n1-c1cccc2ccccc12. The summed E-state index contributed by atoms with van der Waals surface area (Å²) in [5, 5.41) is 67.2. The number of nitrogens with one attached hydrogen (secondary N) is 1. The Balaban J connectivity index is 0.000000161. The average molecular weight is 1030 g/mol. The summed E-state index contributed by atoms with van der Waals surface area (Å²) in [7, 11) is 1.28. The molecule has 0 aliphatic carbocycles. The molecule has 7 aromatic carbocycles. The molecular formula is C50H47Cl3N8O6S2. The number of H-pyrrole nitrogens is 1. The van der Waals surface area contributed by atoms with Crippen LogP contribution in [0.5, 0.6) is 0 Å². The minimum Gasteiger partial charge on any atom is -0.469 e. The minimum absolute atomic E-state index is 0.0353. The van der Waals surface area contributed by atoms with E-state index in [0.717, 1.165) is 38.5 Å². The number of hydrogen-bond donors (Lipinski definition) is 5. The van der Waals surface area contributed by atoms with Gasteiger partial charge in [0.25, 0.3) is 0 Å². The van der Waals surface area contributed by atoms with Crippen molar-refractivity contribution in [3.63, 3.8) is 0 Å². The quantitative estimate of drug-likeness (QED) is 0.0416. The molecule has 2 aromatic heterocycles. The van der Waals surface area contributed by atoms with Gasteiger partial charge in [-0.05, 0) is 86.9 Å². The second-order valence-electron chi connectivity index (χ2n) is 14.8. The van der Waals surface area contributed by atoms with E-state index in [1.54, 1.807) is 57.9 Å². The zero-order valence-corrected chi connectivity index (χ0v) is 40.9. The Morgan fingerprint density at radius 1 is 0.652 bits per heavy atom. The van der Waals surface area contributed by atoms with Crippen LogP contribution in [-0.4, -0.2) is 86.3 Å². The molecule has 5 N–H and O–H groups in total. The molecule has 2 heterocycles. The highest BCUT2D eigenvalue weighted by atomic mass is 35.5. The molecule has 3 unspecified atom stereocenters. The fourth-order valence-corrected chi connectivity index (χ4v) is 8.69. The number of carbonyl (C=O) groups is 1. The first kappa shape index (κ1) is 52.3. The van der Waals surface area contributed by atoms with E-state index in [1.807, 2.05) is 78.9 Å². The fourth-order valence-electron chi connectivity index (χ4n) is 6.85. The molecule has 3 atom stereocenters. The number of carbonyl (C=O) groups excluding carboxylic acids is 1. The third kappa shape index (κ3) is 14.5. The lowest BCUT2D eigenvalue weighted by atomic mass is 10.1. The van der Waals surface area contributed by atoms with Crippen LogP contribution in [0.25, 0.3) is 32.9 Å². The van der Waals surface area contributed by atoms with Crippen LogP contribution < -0.4 is 0 Å². The normalized spacial score (nSPS) is 12.1. The number of thioether (sulfide) groups is 1. The van der Waals surface area contributed by atoms with Crippen molar-refractivity contribution in [2.45, 2.75) is 42.7 Å². The monoisotopic (exact) mass is 1020 g/mol. The average Bonchev–Trinajstić information content (AvgIpc) is 4.03. The fraction of sp³-hybridized carbons (Fsp3) is 0.180. The smallest absolute Gasteiger partial charge is 0.308 e. The molecule has 0 radical (unpaired) electrons. The van der Waals surface area contributed by atoms with Crippen LogP contribution in [0.1, 0.15) is 54.3 Å². The Bertz CT molecular complexity index is 3110. The number of fused-ring (bicyclic) bond motifs is 2. The number of ether oxygens (including phenoxy) is 1. The van der Waals surface area contributed by atoms with E-state index < -0.39 is 24.3 Å². The van der Waals surface area contributed by atoms with Gasteiger partial charge in [-0.2, -0.15) is 9.90 Å². The van der Waals surface area contributed by atoms with Crippen LogP contribution in [0.15, 0.2) is 163 Å². The maximum Gasteiger partial charge on any atom is 0.308 e. The molecule has 9 rings (SSSR count). The molecule has 19 heteroatoms. The first-order valence-electron chi connectivity index (χ1n) is 21.3. The third-order valence-electron chi connectivity index (χ3n) is 10.3. The molecule has 0 saturated carbocycles. The predicted octanol–water partition coefficient (Wildman–Crippen LogP) is 10.9. The summed E-state index contributed by atoms with van der Waals surface area (Å²) in [6.45, 7) is -0.0353. The first-order valence-corrected chi connectivity index (χ1v) is 23.9. The van der Waals surface area contributed by atoms with Crippen molar-refractivity contribution in [3.8, 4) is 11.4 Å². The van der Waals surface area contributed by atoms with Gasteiger partial charge in [0.2, 0.25) is 9.93 Å². The van der Waals surface area contributed by atoms with Gasteiger partial charge in [-0.25, -0.2) is 4.68 Å². The molecule has 0 aliphatic heterocycles. The predicted molar refractivity (Wildman–Crippen MR) is 274 cm³/mol. The van der Waals surface area contributed by atoms with Crippen LogP contribution in [0.4, 0.5) is 0 Å². The van der Waals surface area contributed by atoms with Crippen LogP contribution in [0.3, 0.4) is 0 Å². The molecular weight excluding hydrogens is 979 g/mol. The Kier molecular flexibility index (Phi) is 20.2. The lowest BCUT2D eigenvalue weighted by Gasteiger charge is -2.12. The van der Waals surface area contributed by atoms with E-state index in [-0.39, 0.29) is 13.0 Å². The lowest BCUT2D eigenvalue weighted by molar-refractivity contribution is -0.142. The summed E-state index contributed by atoms with van der Waals surface area (Å²) in [5.74, 6) is 0.203. The van der Waals surface area contributed by atoms with Crippen molar-refractivity contribution < 1.29 is 30.0 Å². The highest BCUT2D eigenvalue weighted by Crippen LogP contribution is 2.30. The molecule has 0 aliphatic rings. The largest absolute Gasteiger partial charge is 0.469 e. The van der Waals surface area contributed by atoms with Gasteiger partial charge >= 0.3 is 5.97 Å². The van der Waals surface area contributed by atoms with Crippen molar-refractivity contribution in [3.05, 3.63) is 194 Å². The van der Waals surface area contributed by atoms with Crippen molar-refractivity contribution >= 4 is 86.3 Å². The molecule has 356 valence electrons. The molecule has 0 amide bonds. The van der Waals surface area contributed by atoms with Gasteiger partial charge in [-0.15, -0.1) is 5.10 Å². The van der Waals surface area contributed by atoms with E-state index in [4.69, 9.17) is 52.1 Å². The maximum absolute atomic E-state index is 10.9. The Hall–Kier alpha value is -6.05. The van der Waals surface area contributed by atoms with Gasteiger partial charge in [-0.1, -0.05) is 184 Å². The summed E-state index contributed by atoms with van der Waals surface area (Å²) >= 11 is 24.4. The number of tetrazole rings is 2. The third-order valence-corrected chi connectivity index (χ3v) is 12.6. The maximum atomic E-state index is 10.9. The van der Waals surface area contributed by atoms with Crippen molar-refractivity contribution in [2.24, 2.45) is 0 Å². The van der Waals surface area contributed by atoms with Crippen LogP contribution in [0.2, 0.25) is 15.1 Å². The lowest BCUT2D eigenvalue weighted by Crippen LogP contribution is -2.08. The number of aliphatic hydroxyl groups excluding tert-OH is 4. The van der Waals surface area contributed by atoms with Crippen molar-refractivity contribution in [2.75, 3.05) is 19.5 Å².